The molecule has 0 aliphatic carbocycles. The lowest BCUT2D eigenvalue weighted by Crippen LogP contribution is -1.87. The van der Waals surface area contributed by atoms with E-state index in [1.807, 2.05) is 12.4 Å². The van der Waals surface area contributed by atoms with E-state index < -0.39 is 0 Å². The van der Waals surface area contributed by atoms with Gasteiger partial charge in [0.1, 0.15) is 0 Å². The minimum absolute atomic E-state index is 1.21. The number of nitrogens with zero attached hydrogens (tertiary/aromatic N) is 1. The van der Waals surface area contributed by atoms with Crippen LogP contribution in [0, 0.1) is 0 Å². The van der Waals surface area contributed by atoms with Crippen LogP contribution in [0.4, 0.5) is 0 Å². The van der Waals surface area contributed by atoms with Gasteiger partial charge in [-0.25, -0.2) is 0 Å². The molecule has 0 saturated carbocycles. The van der Waals surface area contributed by atoms with Gasteiger partial charge in [0.25, 0.3) is 0 Å². The Balaban J connectivity index is 1.59. The fourth-order valence-corrected chi connectivity index (χ4v) is 2.93. The van der Waals surface area contributed by atoms with Gasteiger partial charge in [0.2, 0.25) is 0 Å². The van der Waals surface area contributed by atoms with Gasteiger partial charge in [-0.3, -0.25) is 4.98 Å². The van der Waals surface area contributed by atoms with Crippen LogP contribution in [0.15, 0.2) is 36.7 Å². The number of hydrogen-bond acceptors (Lipinski definition) is 1. The van der Waals surface area contributed by atoms with Crippen LogP contribution in [0.2, 0.25) is 0 Å². The van der Waals surface area contributed by atoms with Crippen molar-refractivity contribution in [2.45, 2.75) is 71.1 Å². The highest BCUT2D eigenvalue weighted by molar-refractivity contribution is 5.81. The molecular weight excluding hydrogens is 254 g/mol. The molecule has 0 saturated heterocycles. The van der Waals surface area contributed by atoms with E-state index in [0.717, 1.165) is 0 Å². The van der Waals surface area contributed by atoms with Crippen molar-refractivity contribution in [3.8, 4) is 0 Å². The third-order valence-corrected chi connectivity index (χ3v) is 4.27. The number of aromatic nitrogens is 1. The summed E-state index contributed by atoms with van der Waals surface area (Å²) < 4.78 is 0. The SMILES string of the molecule is CCCCCCCCCCCc1ccc2ccncc2c1. The highest BCUT2D eigenvalue weighted by Crippen LogP contribution is 2.17. The Morgan fingerprint density at radius 3 is 2.24 bits per heavy atom. The second kappa shape index (κ2) is 9.55. The lowest BCUT2D eigenvalue weighted by molar-refractivity contribution is 0.565. The average Bonchev–Trinajstić information content (AvgIpc) is 2.53. The molecule has 114 valence electrons. The summed E-state index contributed by atoms with van der Waals surface area (Å²) in [7, 11) is 0. The van der Waals surface area contributed by atoms with Crippen molar-refractivity contribution in [2.75, 3.05) is 0 Å². The Labute approximate surface area is 129 Å². The van der Waals surface area contributed by atoms with Gasteiger partial charge < -0.3 is 0 Å². The zero-order valence-corrected chi connectivity index (χ0v) is 13.5. The van der Waals surface area contributed by atoms with Gasteiger partial charge in [0.05, 0.1) is 0 Å². The average molecular weight is 283 g/mol. The van der Waals surface area contributed by atoms with Crippen LogP contribution in [0.3, 0.4) is 0 Å². The number of pyridine rings is 1. The number of fused-ring (bicyclic) bond motifs is 1. The fraction of sp³-hybridized carbons (Fsp3) is 0.550. The molecule has 0 atom stereocenters. The second-order valence-corrected chi connectivity index (χ2v) is 6.14. The third kappa shape index (κ3) is 5.87. The summed E-state index contributed by atoms with van der Waals surface area (Å²) in [6.45, 7) is 2.28. The van der Waals surface area contributed by atoms with Gasteiger partial charge in [0.15, 0.2) is 0 Å². The molecule has 0 bridgehead atoms. The topological polar surface area (TPSA) is 12.9 Å². The van der Waals surface area contributed by atoms with Gasteiger partial charge >= 0.3 is 0 Å². The van der Waals surface area contributed by atoms with Crippen LogP contribution in [0.5, 0.6) is 0 Å². The zero-order chi connectivity index (χ0) is 14.8. The Kier molecular flexibility index (Phi) is 7.28. The van der Waals surface area contributed by atoms with Crippen molar-refractivity contribution >= 4 is 10.8 Å². The van der Waals surface area contributed by atoms with E-state index in [2.05, 4.69) is 36.2 Å². The third-order valence-electron chi connectivity index (χ3n) is 4.27. The summed E-state index contributed by atoms with van der Waals surface area (Å²) in [5, 5.41) is 2.56. The van der Waals surface area contributed by atoms with Crippen molar-refractivity contribution in [2.24, 2.45) is 0 Å². The summed E-state index contributed by atoms with van der Waals surface area (Å²) in [5.41, 5.74) is 1.46. The molecule has 0 unspecified atom stereocenters. The molecule has 1 aromatic carbocycles. The van der Waals surface area contributed by atoms with E-state index in [-0.39, 0.29) is 0 Å². The van der Waals surface area contributed by atoms with Gasteiger partial charge in [-0.05, 0) is 35.9 Å². The molecule has 0 spiro atoms. The fourth-order valence-electron chi connectivity index (χ4n) is 2.93. The summed E-state index contributed by atoms with van der Waals surface area (Å²) >= 11 is 0. The Morgan fingerprint density at radius 1 is 0.762 bits per heavy atom. The molecule has 0 aliphatic heterocycles. The number of hydrogen-bond donors (Lipinski definition) is 0. The van der Waals surface area contributed by atoms with Crippen molar-refractivity contribution < 1.29 is 0 Å². The van der Waals surface area contributed by atoms with E-state index in [1.54, 1.807) is 0 Å². The maximum Gasteiger partial charge on any atom is 0.0346 e. The Hall–Kier alpha value is -1.37. The Morgan fingerprint density at radius 2 is 1.48 bits per heavy atom. The highest BCUT2D eigenvalue weighted by Gasteiger charge is 1.97. The molecule has 1 heteroatoms. The van der Waals surface area contributed by atoms with Gasteiger partial charge in [0, 0.05) is 17.8 Å². The van der Waals surface area contributed by atoms with E-state index >= 15 is 0 Å². The molecular formula is C20H29N. The minimum Gasteiger partial charge on any atom is -0.264 e. The largest absolute Gasteiger partial charge is 0.264 e. The molecule has 21 heavy (non-hydrogen) atoms. The van der Waals surface area contributed by atoms with Gasteiger partial charge in [-0.2, -0.15) is 0 Å². The molecule has 0 N–H and O–H groups in total. The number of aryl methyl sites for hydroxylation is 1. The van der Waals surface area contributed by atoms with E-state index in [0.29, 0.717) is 0 Å². The predicted molar refractivity (Wildman–Crippen MR) is 92.7 cm³/mol. The van der Waals surface area contributed by atoms with E-state index in [1.165, 1.54) is 80.5 Å². The molecule has 1 nitrogen and oxygen atoms in total. The maximum absolute atomic E-state index is 4.21. The Bertz CT molecular complexity index is 518. The summed E-state index contributed by atoms with van der Waals surface area (Å²) in [6, 6.07) is 8.87. The minimum atomic E-state index is 1.21. The molecule has 1 aromatic heterocycles. The van der Waals surface area contributed by atoms with Crippen molar-refractivity contribution in [1.82, 2.24) is 4.98 Å². The lowest BCUT2D eigenvalue weighted by Gasteiger charge is -2.04. The first kappa shape index (κ1) is 16.0. The van der Waals surface area contributed by atoms with Crippen molar-refractivity contribution in [3.63, 3.8) is 0 Å². The zero-order valence-electron chi connectivity index (χ0n) is 13.5. The van der Waals surface area contributed by atoms with Gasteiger partial charge in [-0.15, -0.1) is 0 Å². The highest BCUT2D eigenvalue weighted by atomic mass is 14.6. The van der Waals surface area contributed by atoms with Crippen molar-refractivity contribution in [3.05, 3.63) is 42.2 Å². The smallest absolute Gasteiger partial charge is 0.0346 e. The van der Waals surface area contributed by atoms with Crippen LogP contribution in [-0.2, 0) is 6.42 Å². The van der Waals surface area contributed by atoms with Crippen molar-refractivity contribution in [1.29, 1.82) is 0 Å². The van der Waals surface area contributed by atoms with Crippen LogP contribution >= 0.6 is 0 Å². The van der Waals surface area contributed by atoms with Crippen LogP contribution < -0.4 is 0 Å². The van der Waals surface area contributed by atoms with Crippen LogP contribution in [0.1, 0.15) is 70.3 Å². The monoisotopic (exact) mass is 283 g/mol. The van der Waals surface area contributed by atoms with Gasteiger partial charge in [-0.1, -0.05) is 70.4 Å². The maximum atomic E-state index is 4.21. The molecule has 2 aromatic rings. The predicted octanol–water partition coefficient (Wildman–Crippen LogP) is 6.31. The summed E-state index contributed by atoms with van der Waals surface area (Å²) in [6.07, 6.45) is 17.6. The molecule has 2 rings (SSSR count). The molecule has 0 radical (unpaired) electrons. The molecule has 0 aliphatic rings. The second-order valence-electron chi connectivity index (χ2n) is 6.14. The molecule has 0 fully saturated rings. The standard InChI is InChI=1S/C20H29N/c1-2-3-4-5-6-7-8-9-10-11-18-12-13-19-14-15-21-17-20(19)16-18/h12-17H,2-11H2,1H3. The number of benzene rings is 1. The number of rotatable bonds is 10. The normalized spacial score (nSPS) is 11.1. The lowest BCUT2D eigenvalue weighted by atomic mass is 10.0. The summed E-state index contributed by atoms with van der Waals surface area (Å²) in [4.78, 5) is 4.21. The summed E-state index contributed by atoms with van der Waals surface area (Å²) in [5.74, 6) is 0. The first-order valence-corrected chi connectivity index (χ1v) is 8.73. The quantitative estimate of drug-likeness (QED) is 0.466. The van der Waals surface area contributed by atoms with E-state index in [4.69, 9.17) is 0 Å². The number of unbranched alkanes of at least 4 members (excludes halogenated alkanes) is 8. The first-order valence-electron chi connectivity index (χ1n) is 8.73. The first-order chi connectivity index (χ1) is 10.4. The molecule has 1 heterocycles. The van der Waals surface area contributed by atoms with Crippen LogP contribution in [0.25, 0.3) is 10.8 Å². The molecule has 0 amide bonds. The van der Waals surface area contributed by atoms with E-state index in [9.17, 15) is 0 Å². The van der Waals surface area contributed by atoms with Crippen LogP contribution in [-0.4, -0.2) is 4.98 Å².